The lowest BCUT2D eigenvalue weighted by atomic mass is 9.99. The number of benzene rings is 1. The zero-order valence-corrected chi connectivity index (χ0v) is 15.0. The number of piperidine rings is 1. The summed E-state index contributed by atoms with van der Waals surface area (Å²) in [6.07, 6.45) is 3.80. The Morgan fingerprint density at radius 3 is 2.62 bits per heavy atom. The molecule has 0 aliphatic carbocycles. The van der Waals surface area contributed by atoms with Gasteiger partial charge in [-0.2, -0.15) is 5.10 Å². The van der Waals surface area contributed by atoms with Crippen molar-refractivity contribution in [1.29, 1.82) is 0 Å². The molecular formula is C20H27N3O. The molecule has 3 rings (SSSR count). The molecule has 1 aromatic carbocycles. The number of rotatable bonds is 4. The van der Waals surface area contributed by atoms with Crippen molar-refractivity contribution in [2.75, 3.05) is 13.1 Å². The number of aryl methyl sites for hydroxylation is 3. The van der Waals surface area contributed by atoms with E-state index in [0.29, 0.717) is 18.2 Å². The van der Waals surface area contributed by atoms with Gasteiger partial charge in [-0.1, -0.05) is 19.1 Å². The molecule has 0 bridgehead atoms. The van der Waals surface area contributed by atoms with Crippen molar-refractivity contribution in [2.24, 2.45) is 5.92 Å². The first kappa shape index (κ1) is 16.7. The molecule has 0 N–H and O–H groups in total. The van der Waals surface area contributed by atoms with E-state index in [1.807, 2.05) is 16.5 Å². The standard InChI is InChI=1S/C20H27N3O/c1-15-5-4-12-22(14-15)20(24)11-8-18-6-9-19(10-7-18)23-17(3)13-16(2)21-23/h6-7,9-10,13,15H,4-5,8,11-12,14H2,1-3H3. The fourth-order valence-corrected chi connectivity index (χ4v) is 3.52. The summed E-state index contributed by atoms with van der Waals surface area (Å²) in [7, 11) is 0. The van der Waals surface area contributed by atoms with E-state index >= 15 is 0 Å². The summed E-state index contributed by atoms with van der Waals surface area (Å²) in [4.78, 5) is 14.4. The lowest BCUT2D eigenvalue weighted by Crippen LogP contribution is -2.39. The zero-order chi connectivity index (χ0) is 17.1. The van der Waals surface area contributed by atoms with Crippen molar-refractivity contribution < 1.29 is 4.79 Å². The molecule has 4 heteroatoms. The maximum absolute atomic E-state index is 12.4. The summed E-state index contributed by atoms with van der Waals surface area (Å²) in [5.41, 5.74) is 4.44. The second kappa shape index (κ2) is 7.20. The Bertz CT molecular complexity index is 702. The molecule has 4 nitrogen and oxygen atoms in total. The molecular weight excluding hydrogens is 298 g/mol. The summed E-state index contributed by atoms with van der Waals surface area (Å²) in [5.74, 6) is 0.937. The van der Waals surface area contributed by atoms with E-state index in [9.17, 15) is 4.79 Å². The monoisotopic (exact) mass is 325 g/mol. The lowest BCUT2D eigenvalue weighted by molar-refractivity contribution is -0.132. The second-order valence-electron chi connectivity index (χ2n) is 7.09. The lowest BCUT2D eigenvalue weighted by Gasteiger charge is -2.31. The van der Waals surface area contributed by atoms with Crippen LogP contribution in [0.25, 0.3) is 5.69 Å². The van der Waals surface area contributed by atoms with Crippen LogP contribution < -0.4 is 0 Å². The first-order valence-corrected chi connectivity index (χ1v) is 8.93. The van der Waals surface area contributed by atoms with Gasteiger partial charge in [-0.3, -0.25) is 4.79 Å². The van der Waals surface area contributed by atoms with E-state index in [0.717, 1.165) is 43.0 Å². The number of carbonyl (C=O) groups is 1. The van der Waals surface area contributed by atoms with Gasteiger partial charge >= 0.3 is 0 Å². The van der Waals surface area contributed by atoms with Gasteiger partial charge in [0.1, 0.15) is 0 Å². The highest BCUT2D eigenvalue weighted by molar-refractivity contribution is 5.76. The van der Waals surface area contributed by atoms with E-state index in [-0.39, 0.29) is 0 Å². The van der Waals surface area contributed by atoms with E-state index in [4.69, 9.17) is 0 Å². The Balaban J connectivity index is 1.58. The van der Waals surface area contributed by atoms with E-state index in [1.54, 1.807) is 0 Å². The molecule has 1 aliphatic rings. The Labute approximate surface area is 144 Å². The molecule has 1 fully saturated rings. The summed E-state index contributed by atoms with van der Waals surface area (Å²) >= 11 is 0. The van der Waals surface area contributed by atoms with Crippen LogP contribution in [0.4, 0.5) is 0 Å². The average molecular weight is 325 g/mol. The topological polar surface area (TPSA) is 38.1 Å². The fourth-order valence-electron chi connectivity index (χ4n) is 3.52. The van der Waals surface area contributed by atoms with Gasteiger partial charge in [0.25, 0.3) is 0 Å². The summed E-state index contributed by atoms with van der Waals surface area (Å²) in [6.45, 7) is 8.16. The van der Waals surface area contributed by atoms with Gasteiger partial charge in [0.05, 0.1) is 11.4 Å². The van der Waals surface area contributed by atoms with Crippen LogP contribution in [0, 0.1) is 19.8 Å². The number of carbonyl (C=O) groups excluding carboxylic acids is 1. The molecule has 1 saturated heterocycles. The van der Waals surface area contributed by atoms with Crippen LogP contribution in [-0.4, -0.2) is 33.7 Å². The molecule has 128 valence electrons. The van der Waals surface area contributed by atoms with Crippen molar-refractivity contribution in [3.05, 3.63) is 47.3 Å². The maximum Gasteiger partial charge on any atom is 0.222 e. The number of likely N-dealkylation sites (tertiary alicyclic amines) is 1. The van der Waals surface area contributed by atoms with E-state index < -0.39 is 0 Å². The quantitative estimate of drug-likeness (QED) is 0.860. The Morgan fingerprint density at radius 2 is 2.00 bits per heavy atom. The first-order chi connectivity index (χ1) is 11.5. The van der Waals surface area contributed by atoms with Gasteiger partial charge in [0.15, 0.2) is 0 Å². The number of amides is 1. The predicted molar refractivity (Wildman–Crippen MR) is 96.3 cm³/mol. The van der Waals surface area contributed by atoms with Crippen molar-refractivity contribution >= 4 is 5.91 Å². The SMILES string of the molecule is Cc1cc(C)n(-c2ccc(CCC(=O)N3CCCC(C)C3)cc2)n1. The molecule has 0 radical (unpaired) electrons. The molecule has 1 unspecified atom stereocenters. The van der Waals surface area contributed by atoms with E-state index in [1.165, 1.54) is 12.0 Å². The molecule has 0 spiro atoms. The van der Waals surface area contributed by atoms with Crippen molar-refractivity contribution in [1.82, 2.24) is 14.7 Å². The molecule has 24 heavy (non-hydrogen) atoms. The Kier molecular flexibility index (Phi) is 5.03. The van der Waals surface area contributed by atoms with Crippen molar-refractivity contribution in [3.63, 3.8) is 0 Å². The molecule has 1 aliphatic heterocycles. The van der Waals surface area contributed by atoms with Crippen LogP contribution >= 0.6 is 0 Å². The smallest absolute Gasteiger partial charge is 0.222 e. The number of hydrogen-bond donors (Lipinski definition) is 0. The Hall–Kier alpha value is -2.10. The van der Waals surface area contributed by atoms with Crippen LogP contribution in [0.3, 0.4) is 0 Å². The number of hydrogen-bond acceptors (Lipinski definition) is 2. The van der Waals surface area contributed by atoms with Gasteiger partial charge in [-0.15, -0.1) is 0 Å². The number of nitrogens with zero attached hydrogens (tertiary/aromatic N) is 3. The predicted octanol–water partition coefficient (Wildman–Crippen LogP) is 3.68. The zero-order valence-electron chi connectivity index (χ0n) is 15.0. The highest BCUT2D eigenvalue weighted by Gasteiger charge is 2.20. The van der Waals surface area contributed by atoms with Crippen LogP contribution in [0.1, 0.15) is 43.1 Å². The van der Waals surface area contributed by atoms with Gasteiger partial charge in [-0.05, 0) is 62.8 Å². The third-order valence-electron chi connectivity index (χ3n) is 4.83. The summed E-state index contributed by atoms with van der Waals surface area (Å²) < 4.78 is 1.96. The highest BCUT2D eigenvalue weighted by atomic mass is 16.2. The molecule has 0 saturated carbocycles. The third-order valence-corrected chi connectivity index (χ3v) is 4.83. The first-order valence-electron chi connectivity index (χ1n) is 8.93. The summed E-state index contributed by atoms with van der Waals surface area (Å²) in [5, 5.41) is 4.51. The van der Waals surface area contributed by atoms with Gasteiger partial charge in [0, 0.05) is 25.2 Å². The molecule has 1 amide bonds. The van der Waals surface area contributed by atoms with Crippen LogP contribution in [0.5, 0.6) is 0 Å². The molecule has 1 atom stereocenters. The second-order valence-corrected chi connectivity index (χ2v) is 7.09. The third kappa shape index (κ3) is 3.86. The van der Waals surface area contributed by atoms with Gasteiger partial charge in [0.2, 0.25) is 5.91 Å². The fraction of sp³-hybridized carbons (Fsp3) is 0.500. The summed E-state index contributed by atoms with van der Waals surface area (Å²) in [6, 6.07) is 10.5. The van der Waals surface area contributed by atoms with Gasteiger partial charge < -0.3 is 4.90 Å². The van der Waals surface area contributed by atoms with Crippen molar-refractivity contribution in [2.45, 2.75) is 46.5 Å². The normalized spacial score (nSPS) is 18.0. The van der Waals surface area contributed by atoms with Crippen LogP contribution in [-0.2, 0) is 11.2 Å². The minimum atomic E-state index is 0.296. The van der Waals surface area contributed by atoms with Gasteiger partial charge in [-0.25, -0.2) is 4.68 Å². The molecule has 2 aromatic rings. The van der Waals surface area contributed by atoms with Crippen LogP contribution in [0.15, 0.2) is 30.3 Å². The minimum absolute atomic E-state index is 0.296. The van der Waals surface area contributed by atoms with Crippen LogP contribution in [0.2, 0.25) is 0 Å². The highest BCUT2D eigenvalue weighted by Crippen LogP contribution is 2.18. The molecule has 1 aromatic heterocycles. The van der Waals surface area contributed by atoms with Crippen molar-refractivity contribution in [3.8, 4) is 5.69 Å². The largest absolute Gasteiger partial charge is 0.342 e. The van der Waals surface area contributed by atoms with E-state index in [2.05, 4.69) is 49.3 Å². The minimum Gasteiger partial charge on any atom is -0.342 e. The number of aromatic nitrogens is 2. The molecule has 2 heterocycles. The Morgan fingerprint density at radius 1 is 1.25 bits per heavy atom. The average Bonchev–Trinajstić information content (AvgIpc) is 2.91. The maximum atomic E-state index is 12.4.